The first-order chi connectivity index (χ1) is 7.12. The van der Waals surface area contributed by atoms with E-state index in [-0.39, 0.29) is 17.5 Å². The largest absolute Gasteiger partial charge is 0.409 e. The predicted octanol–water partition coefficient (Wildman–Crippen LogP) is 4.57. The van der Waals surface area contributed by atoms with Gasteiger partial charge in [-0.05, 0) is 13.3 Å². The van der Waals surface area contributed by atoms with E-state index in [9.17, 15) is 26.3 Å². The van der Waals surface area contributed by atoms with Crippen molar-refractivity contribution in [3.63, 3.8) is 0 Å². The SMILES string of the molecule is C/C=C(\CC)CSC(C(F)(F)F)C(F)(F)F. The average molecular weight is 266 g/mol. The monoisotopic (exact) mass is 266 g/mol. The van der Waals surface area contributed by atoms with Crippen molar-refractivity contribution in [2.75, 3.05) is 5.75 Å². The predicted molar refractivity (Wildman–Crippen MR) is 52.4 cm³/mol. The van der Waals surface area contributed by atoms with Crippen LogP contribution < -0.4 is 0 Å². The van der Waals surface area contributed by atoms with Crippen LogP contribution in [0.3, 0.4) is 0 Å². The molecule has 0 saturated carbocycles. The molecule has 0 nitrogen and oxygen atoms in total. The normalized spacial score (nSPS) is 14.7. The lowest BCUT2D eigenvalue weighted by Gasteiger charge is -2.22. The lowest BCUT2D eigenvalue weighted by atomic mass is 10.2. The van der Waals surface area contributed by atoms with Crippen LogP contribution >= 0.6 is 11.8 Å². The molecule has 0 aromatic rings. The quantitative estimate of drug-likeness (QED) is 0.530. The van der Waals surface area contributed by atoms with E-state index in [1.165, 1.54) is 6.08 Å². The molecule has 0 N–H and O–H groups in total. The van der Waals surface area contributed by atoms with Gasteiger partial charge in [0, 0.05) is 5.75 Å². The van der Waals surface area contributed by atoms with Gasteiger partial charge in [-0.1, -0.05) is 18.6 Å². The lowest BCUT2D eigenvalue weighted by molar-refractivity contribution is -0.223. The molecule has 0 bridgehead atoms. The van der Waals surface area contributed by atoms with E-state index in [1.54, 1.807) is 13.8 Å². The number of hydrogen-bond acceptors (Lipinski definition) is 1. The van der Waals surface area contributed by atoms with Crippen LogP contribution in [0.1, 0.15) is 20.3 Å². The summed E-state index contributed by atoms with van der Waals surface area (Å²) < 4.78 is 72.7. The highest BCUT2D eigenvalue weighted by Gasteiger charge is 2.56. The third-order valence-electron chi connectivity index (χ3n) is 1.89. The number of halogens is 6. The van der Waals surface area contributed by atoms with Crippen LogP contribution in [0.4, 0.5) is 26.3 Å². The Morgan fingerprint density at radius 1 is 1.12 bits per heavy atom. The minimum atomic E-state index is -5.25. The Labute approximate surface area is 94.1 Å². The maximum absolute atomic E-state index is 12.1. The second-order valence-electron chi connectivity index (χ2n) is 3.07. The van der Waals surface area contributed by atoms with Crippen molar-refractivity contribution in [2.24, 2.45) is 0 Å². The van der Waals surface area contributed by atoms with Gasteiger partial charge in [-0.2, -0.15) is 26.3 Å². The molecule has 0 rings (SSSR count). The first-order valence-corrected chi connectivity index (χ1v) is 5.56. The standard InChI is InChI=1S/C9H12F6S/c1-3-6(4-2)5-16-7(8(10,11)12)9(13,14)15/h3,7H,4-5H2,1-2H3/b6-3+. The van der Waals surface area contributed by atoms with Crippen molar-refractivity contribution in [3.8, 4) is 0 Å². The first-order valence-electron chi connectivity index (χ1n) is 4.52. The first kappa shape index (κ1) is 15.7. The van der Waals surface area contributed by atoms with Crippen molar-refractivity contribution in [1.29, 1.82) is 0 Å². The molecule has 0 aromatic carbocycles. The smallest absolute Gasteiger partial charge is 0.169 e. The average Bonchev–Trinajstić information content (AvgIpc) is 2.08. The molecule has 0 unspecified atom stereocenters. The highest BCUT2D eigenvalue weighted by Crippen LogP contribution is 2.42. The van der Waals surface area contributed by atoms with Crippen molar-refractivity contribution in [2.45, 2.75) is 37.9 Å². The molecule has 0 aromatic heterocycles. The fourth-order valence-corrected chi connectivity index (χ4v) is 2.08. The third-order valence-corrected chi connectivity index (χ3v) is 3.30. The number of thioether (sulfide) groups is 1. The van der Waals surface area contributed by atoms with Gasteiger partial charge in [-0.3, -0.25) is 0 Å². The summed E-state index contributed by atoms with van der Waals surface area (Å²) in [4.78, 5) is 0. The van der Waals surface area contributed by atoms with Gasteiger partial charge < -0.3 is 0 Å². The van der Waals surface area contributed by atoms with Gasteiger partial charge in [-0.15, -0.1) is 11.8 Å². The van der Waals surface area contributed by atoms with Crippen LogP contribution in [0.15, 0.2) is 11.6 Å². The molecule has 0 saturated heterocycles. The van der Waals surface area contributed by atoms with Crippen LogP contribution in [0.25, 0.3) is 0 Å². The summed E-state index contributed by atoms with van der Waals surface area (Å²) in [5, 5.41) is -3.30. The summed E-state index contributed by atoms with van der Waals surface area (Å²) in [7, 11) is 0. The van der Waals surface area contributed by atoms with E-state index < -0.39 is 17.6 Å². The van der Waals surface area contributed by atoms with Gasteiger partial charge in [0.2, 0.25) is 0 Å². The van der Waals surface area contributed by atoms with Crippen molar-refractivity contribution in [3.05, 3.63) is 11.6 Å². The molecule has 0 fully saturated rings. The Bertz CT molecular complexity index is 225. The molecule has 0 atom stereocenters. The summed E-state index contributed by atoms with van der Waals surface area (Å²) in [5.74, 6) is -0.253. The fraction of sp³-hybridized carbons (Fsp3) is 0.778. The van der Waals surface area contributed by atoms with Crippen LogP contribution in [0, 0.1) is 0 Å². The van der Waals surface area contributed by atoms with Crippen LogP contribution in [0.2, 0.25) is 0 Å². The molecular weight excluding hydrogens is 254 g/mol. The van der Waals surface area contributed by atoms with Crippen LogP contribution in [-0.4, -0.2) is 23.4 Å². The molecule has 0 aliphatic rings. The molecule has 0 spiro atoms. The molecular formula is C9H12F6S. The van der Waals surface area contributed by atoms with E-state index in [4.69, 9.17) is 0 Å². The van der Waals surface area contributed by atoms with Crippen molar-refractivity contribution < 1.29 is 26.3 Å². The van der Waals surface area contributed by atoms with E-state index in [0.717, 1.165) is 0 Å². The molecule has 16 heavy (non-hydrogen) atoms. The summed E-state index contributed by atoms with van der Waals surface area (Å²) in [6, 6.07) is 0. The molecule has 0 radical (unpaired) electrons. The summed E-state index contributed by atoms with van der Waals surface area (Å²) in [5.41, 5.74) is 0.573. The number of allylic oxidation sites excluding steroid dienone is 1. The molecule has 0 aliphatic heterocycles. The number of hydrogen-bond donors (Lipinski definition) is 0. The summed E-state index contributed by atoms with van der Waals surface area (Å²) in [6.45, 7) is 3.28. The molecule has 0 amide bonds. The van der Waals surface area contributed by atoms with Gasteiger partial charge in [0.25, 0.3) is 0 Å². The van der Waals surface area contributed by atoms with E-state index in [0.29, 0.717) is 12.0 Å². The zero-order valence-electron chi connectivity index (χ0n) is 8.74. The van der Waals surface area contributed by atoms with E-state index in [2.05, 4.69) is 0 Å². The molecule has 7 heteroatoms. The Morgan fingerprint density at radius 3 is 1.81 bits per heavy atom. The summed E-state index contributed by atoms with van der Waals surface area (Å²) >= 11 is -0.126. The Morgan fingerprint density at radius 2 is 1.56 bits per heavy atom. The van der Waals surface area contributed by atoms with E-state index in [1.807, 2.05) is 0 Å². The highest BCUT2D eigenvalue weighted by molar-refractivity contribution is 8.00. The van der Waals surface area contributed by atoms with Gasteiger partial charge in [0.05, 0.1) is 0 Å². The Balaban J connectivity index is 4.60. The van der Waals surface area contributed by atoms with Crippen molar-refractivity contribution >= 4 is 11.8 Å². The Hall–Kier alpha value is -0.330. The number of alkyl halides is 6. The minimum Gasteiger partial charge on any atom is -0.169 e. The maximum atomic E-state index is 12.1. The van der Waals surface area contributed by atoms with Gasteiger partial charge in [0.1, 0.15) is 0 Å². The third kappa shape index (κ3) is 5.14. The number of rotatable bonds is 4. The fourth-order valence-electron chi connectivity index (χ4n) is 0.954. The van der Waals surface area contributed by atoms with Crippen molar-refractivity contribution in [1.82, 2.24) is 0 Å². The topological polar surface area (TPSA) is 0 Å². The second-order valence-corrected chi connectivity index (χ2v) is 4.17. The lowest BCUT2D eigenvalue weighted by Crippen LogP contribution is -2.39. The minimum absolute atomic E-state index is 0.126. The maximum Gasteiger partial charge on any atom is 0.409 e. The van der Waals surface area contributed by atoms with Crippen LogP contribution in [-0.2, 0) is 0 Å². The molecule has 0 aliphatic carbocycles. The van der Waals surface area contributed by atoms with E-state index >= 15 is 0 Å². The molecule has 0 heterocycles. The molecule has 96 valence electrons. The Kier molecular flexibility index (Phi) is 5.72. The highest BCUT2D eigenvalue weighted by atomic mass is 32.2. The second kappa shape index (κ2) is 5.84. The zero-order chi connectivity index (χ0) is 13.0. The van der Waals surface area contributed by atoms with Gasteiger partial charge >= 0.3 is 12.4 Å². The summed E-state index contributed by atoms with van der Waals surface area (Å²) in [6.07, 6.45) is -8.52. The van der Waals surface area contributed by atoms with Gasteiger partial charge in [-0.25, -0.2) is 0 Å². The van der Waals surface area contributed by atoms with Gasteiger partial charge in [0.15, 0.2) is 5.25 Å². The van der Waals surface area contributed by atoms with Crippen LogP contribution in [0.5, 0.6) is 0 Å². The zero-order valence-corrected chi connectivity index (χ0v) is 9.56.